The van der Waals surface area contributed by atoms with Crippen LogP contribution in [-0.2, 0) is 32.5 Å². The van der Waals surface area contributed by atoms with Crippen LogP contribution >= 0.6 is 11.3 Å². The van der Waals surface area contributed by atoms with E-state index in [2.05, 4.69) is 10.3 Å². The van der Waals surface area contributed by atoms with Crippen LogP contribution < -0.4 is 16.0 Å². The van der Waals surface area contributed by atoms with Gasteiger partial charge in [0.25, 0.3) is 11.5 Å². The number of aromatic nitrogens is 2. The van der Waals surface area contributed by atoms with Gasteiger partial charge in [-0.25, -0.2) is 23.3 Å². The van der Waals surface area contributed by atoms with Gasteiger partial charge in [0.15, 0.2) is 6.61 Å². The molecule has 12 heteroatoms. The predicted molar refractivity (Wildman–Crippen MR) is 123 cm³/mol. The number of nitrogens with two attached hydrogens (primary N) is 1. The zero-order chi connectivity index (χ0) is 23.8. The van der Waals surface area contributed by atoms with Gasteiger partial charge in [-0.15, -0.1) is 11.3 Å². The van der Waals surface area contributed by atoms with Gasteiger partial charge in [-0.2, -0.15) is 0 Å². The molecule has 174 valence electrons. The fraction of sp³-hybridized carbons (Fsp3) is 0.333. The molecule has 0 saturated heterocycles. The van der Waals surface area contributed by atoms with E-state index in [9.17, 15) is 22.8 Å². The van der Waals surface area contributed by atoms with Crippen LogP contribution in [0.5, 0.6) is 0 Å². The molecule has 33 heavy (non-hydrogen) atoms. The van der Waals surface area contributed by atoms with Crippen LogP contribution in [0.3, 0.4) is 0 Å². The molecule has 1 aliphatic heterocycles. The van der Waals surface area contributed by atoms with E-state index < -0.39 is 28.5 Å². The fourth-order valence-electron chi connectivity index (χ4n) is 3.73. The molecule has 1 aromatic carbocycles. The van der Waals surface area contributed by atoms with Crippen molar-refractivity contribution in [3.8, 4) is 0 Å². The highest BCUT2D eigenvalue weighted by atomic mass is 32.2. The van der Waals surface area contributed by atoms with Crippen molar-refractivity contribution in [1.82, 2.24) is 9.55 Å². The van der Waals surface area contributed by atoms with Crippen molar-refractivity contribution in [3.05, 3.63) is 50.9 Å². The Balaban J connectivity index is 1.47. The molecule has 10 nitrogen and oxygen atoms in total. The van der Waals surface area contributed by atoms with Gasteiger partial charge in [-0.1, -0.05) is 6.42 Å². The molecule has 3 N–H and O–H groups in total. The zero-order valence-electron chi connectivity index (χ0n) is 17.8. The van der Waals surface area contributed by atoms with Gasteiger partial charge >= 0.3 is 5.97 Å². The molecular formula is C21H22N4O6S2. The van der Waals surface area contributed by atoms with Gasteiger partial charge in [0.2, 0.25) is 10.0 Å². The average molecular weight is 491 g/mol. The minimum atomic E-state index is -3.84. The Kier molecular flexibility index (Phi) is 6.32. The Morgan fingerprint density at radius 1 is 1.21 bits per heavy atom. The number of thiophene rings is 1. The number of ether oxygens (including phenoxy) is 1. The highest BCUT2D eigenvalue weighted by molar-refractivity contribution is 7.89. The summed E-state index contributed by atoms with van der Waals surface area (Å²) >= 11 is 1.09. The third-order valence-corrected chi connectivity index (χ3v) is 7.49. The number of aryl methyl sites for hydroxylation is 2. The van der Waals surface area contributed by atoms with Crippen molar-refractivity contribution in [1.29, 1.82) is 0 Å². The van der Waals surface area contributed by atoms with Crippen LogP contribution in [0.15, 0.2) is 34.0 Å². The normalized spacial score (nSPS) is 13.9. The average Bonchev–Trinajstić information content (AvgIpc) is 2.93. The largest absolute Gasteiger partial charge is 0.451 e. The smallest absolute Gasteiger partial charge is 0.349 e. The molecular weight excluding hydrogens is 468 g/mol. The summed E-state index contributed by atoms with van der Waals surface area (Å²) in [6.45, 7) is 1.74. The van der Waals surface area contributed by atoms with Gasteiger partial charge in [-0.05, 0) is 49.6 Å². The number of hydrogen-bond acceptors (Lipinski definition) is 8. The molecule has 0 radical (unpaired) electrons. The molecule has 1 amide bonds. The number of fused-ring (bicyclic) bond motifs is 2. The fourth-order valence-corrected chi connectivity index (χ4v) is 5.33. The highest BCUT2D eigenvalue weighted by Gasteiger charge is 2.23. The Labute approximate surface area is 193 Å². The Hall–Kier alpha value is -3.09. The highest BCUT2D eigenvalue weighted by Crippen LogP contribution is 2.29. The number of carbonyl (C=O) groups is 2. The van der Waals surface area contributed by atoms with Crippen LogP contribution in [0.4, 0.5) is 5.69 Å². The van der Waals surface area contributed by atoms with Crippen molar-refractivity contribution in [2.45, 2.75) is 44.0 Å². The number of rotatable bonds is 5. The van der Waals surface area contributed by atoms with E-state index in [0.29, 0.717) is 28.0 Å². The number of benzene rings is 1. The molecule has 0 unspecified atom stereocenters. The second-order valence-corrected chi connectivity index (χ2v) is 10.3. The summed E-state index contributed by atoms with van der Waals surface area (Å²) in [5.41, 5.74) is 0.668. The predicted octanol–water partition coefficient (Wildman–Crippen LogP) is 1.94. The quantitative estimate of drug-likeness (QED) is 0.519. The second-order valence-electron chi connectivity index (χ2n) is 7.73. The minimum absolute atomic E-state index is 0.0889. The summed E-state index contributed by atoms with van der Waals surface area (Å²) in [6, 6.07) is 5.26. The first kappa shape index (κ1) is 23.1. The maximum absolute atomic E-state index is 13.0. The maximum atomic E-state index is 13.0. The first-order valence-electron chi connectivity index (χ1n) is 10.3. The molecule has 0 spiro atoms. The number of amides is 1. The number of hydrogen-bond donors (Lipinski definition) is 2. The summed E-state index contributed by atoms with van der Waals surface area (Å²) in [6.07, 6.45) is 3.65. The molecule has 0 atom stereocenters. The first-order valence-corrected chi connectivity index (χ1v) is 12.6. The minimum Gasteiger partial charge on any atom is -0.451 e. The van der Waals surface area contributed by atoms with E-state index in [1.54, 1.807) is 11.5 Å². The third-order valence-electron chi connectivity index (χ3n) is 5.40. The summed E-state index contributed by atoms with van der Waals surface area (Å²) < 4.78 is 29.4. The molecule has 3 aromatic rings. The van der Waals surface area contributed by atoms with Crippen LogP contribution in [-0.4, -0.2) is 36.5 Å². The molecule has 0 aliphatic carbocycles. The lowest BCUT2D eigenvalue weighted by Gasteiger charge is -2.08. The van der Waals surface area contributed by atoms with Crippen molar-refractivity contribution in [2.75, 3.05) is 11.9 Å². The molecule has 1 aliphatic rings. The Bertz CT molecular complexity index is 1410. The van der Waals surface area contributed by atoms with E-state index in [1.165, 1.54) is 24.3 Å². The molecule has 4 rings (SSSR count). The lowest BCUT2D eigenvalue weighted by molar-refractivity contribution is -0.119. The van der Waals surface area contributed by atoms with E-state index in [-0.39, 0.29) is 15.3 Å². The van der Waals surface area contributed by atoms with E-state index in [4.69, 9.17) is 9.88 Å². The summed E-state index contributed by atoms with van der Waals surface area (Å²) in [7, 11) is -3.84. The number of primary sulfonamides is 1. The van der Waals surface area contributed by atoms with Crippen LogP contribution in [0.1, 0.15) is 40.3 Å². The van der Waals surface area contributed by atoms with Crippen LogP contribution in [0.2, 0.25) is 0 Å². The number of anilines is 1. The van der Waals surface area contributed by atoms with E-state index in [1.807, 2.05) is 0 Å². The SMILES string of the molecule is Cc1c(C(=O)OCC(=O)Nc2ccc(S(N)(=O)=O)cc2)sc2nc3n(c(=O)c12)CCCCC3. The zero-order valence-corrected chi connectivity index (χ0v) is 19.4. The summed E-state index contributed by atoms with van der Waals surface area (Å²) in [5, 5.41) is 7.96. The molecule has 0 fully saturated rings. The van der Waals surface area contributed by atoms with E-state index >= 15 is 0 Å². The van der Waals surface area contributed by atoms with Gasteiger partial charge < -0.3 is 10.1 Å². The number of nitrogens with zero attached hydrogens (tertiary/aromatic N) is 2. The van der Waals surface area contributed by atoms with Crippen molar-refractivity contribution < 1.29 is 22.7 Å². The van der Waals surface area contributed by atoms with Crippen LogP contribution in [0.25, 0.3) is 10.2 Å². The van der Waals surface area contributed by atoms with Crippen molar-refractivity contribution >= 4 is 49.1 Å². The summed E-state index contributed by atoms with van der Waals surface area (Å²) in [5.74, 6) is -0.579. The molecule has 0 saturated carbocycles. The molecule has 2 aromatic heterocycles. The number of sulfonamides is 1. The topological polar surface area (TPSA) is 150 Å². The Morgan fingerprint density at radius 2 is 1.94 bits per heavy atom. The standard InChI is InChI=1S/C21H22N4O6S2/c1-12-17-19(24-15-5-3-2-4-10-25(15)20(17)27)32-18(12)21(28)31-11-16(26)23-13-6-8-14(9-7-13)33(22,29)30/h6-9H,2-5,10-11H2,1H3,(H,23,26)(H2,22,29,30). The monoisotopic (exact) mass is 490 g/mol. The third kappa shape index (κ3) is 4.82. The van der Waals surface area contributed by atoms with Gasteiger partial charge in [0, 0.05) is 18.7 Å². The van der Waals surface area contributed by atoms with E-state index in [0.717, 1.165) is 42.8 Å². The molecule has 3 heterocycles. The second kappa shape index (κ2) is 9.04. The van der Waals surface area contributed by atoms with Crippen molar-refractivity contribution in [2.24, 2.45) is 5.14 Å². The Morgan fingerprint density at radius 3 is 2.64 bits per heavy atom. The van der Waals surface area contributed by atoms with Gasteiger partial charge in [0.1, 0.15) is 15.5 Å². The van der Waals surface area contributed by atoms with Gasteiger partial charge in [-0.3, -0.25) is 14.2 Å². The summed E-state index contributed by atoms with van der Waals surface area (Å²) in [4.78, 5) is 43.0. The van der Waals surface area contributed by atoms with Gasteiger partial charge in [0.05, 0.1) is 10.3 Å². The number of carbonyl (C=O) groups excluding carboxylic acids is 2. The number of esters is 1. The van der Waals surface area contributed by atoms with Crippen LogP contribution in [0, 0.1) is 6.92 Å². The molecule has 0 bridgehead atoms. The lowest BCUT2D eigenvalue weighted by Crippen LogP contribution is -2.24. The number of nitrogens with one attached hydrogen (secondary N) is 1. The lowest BCUT2D eigenvalue weighted by atomic mass is 10.2. The maximum Gasteiger partial charge on any atom is 0.349 e. The van der Waals surface area contributed by atoms with Crippen molar-refractivity contribution in [3.63, 3.8) is 0 Å². The first-order chi connectivity index (χ1) is 15.6.